The molecule has 0 aliphatic carbocycles. The molecule has 1 heterocycles. The average molecular weight is 212 g/mol. The minimum atomic E-state index is 0.0601. The highest BCUT2D eigenvalue weighted by Gasteiger charge is 2.15. The van der Waals surface area contributed by atoms with E-state index in [-0.39, 0.29) is 5.91 Å². The molecule has 1 fully saturated rings. The van der Waals surface area contributed by atoms with E-state index < -0.39 is 0 Å². The van der Waals surface area contributed by atoms with Crippen LogP contribution in [0.4, 0.5) is 0 Å². The van der Waals surface area contributed by atoms with Crippen molar-refractivity contribution in [3.8, 4) is 6.19 Å². The molecule has 1 N–H and O–H groups in total. The maximum atomic E-state index is 11.0. The number of carbonyl (C=O) groups is 1. The second-order valence-corrected chi connectivity index (χ2v) is 3.56. The largest absolute Gasteiger partial charge is 0.354 e. The van der Waals surface area contributed by atoms with Crippen LogP contribution in [0.1, 0.15) is 6.42 Å². The fourth-order valence-corrected chi connectivity index (χ4v) is 1.82. The first-order valence-electron chi connectivity index (χ1n) is 4.30. The van der Waals surface area contributed by atoms with Crippen LogP contribution in [0.25, 0.3) is 0 Å². The summed E-state index contributed by atoms with van der Waals surface area (Å²) in [6.45, 7) is 1.96. The van der Waals surface area contributed by atoms with Crippen LogP contribution in [-0.4, -0.2) is 41.9 Å². The third-order valence-corrected chi connectivity index (χ3v) is 2.63. The van der Waals surface area contributed by atoms with Crippen LogP contribution in [0.2, 0.25) is 0 Å². The van der Waals surface area contributed by atoms with E-state index in [0.717, 1.165) is 0 Å². The summed E-state index contributed by atoms with van der Waals surface area (Å²) in [7, 11) is 0. The van der Waals surface area contributed by atoms with Gasteiger partial charge in [-0.2, -0.15) is 5.26 Å². The van der Waals surface area contributed by atoms with Gasteiger partial charge >= 0.3 is 0 Å². The van der Waals surface area contributed by atoms with Crippen molar-refractivity contribution in [2.24, 2.45) is 4.99 Å². The summed E-state index contributed by atoms with van der Waals surface area (Å²) in [5.74, 6) is 0.0601. The number of thioether (sulfide) groups is 1. The monoisotopic (exact) mass is 212 g/mol. The molecule has 0 aromatic heterocycles. The van der Waals surface area contributed by atoms with Gasteiger partial charge in [-0.1, -0.05) is 11.8 Å². The topological polar surface area (TPSA) is 68.5 Å². The molecular weight excluding hydrogens is 200 g/mol. The Hall–Kier alpha value is -1.22. The molecule has 0 bridgehead atoms. The van der Waals surface area contributed by atoms with Crippen molar-refractivity contribution in [1.29, 1.82) is 5.26 Å². The minimum Gasteiger partial charge on any atom is -0.354 e. The summed E-state index contributed by atoms with van der Waals surface area (Å²) < 4.78 is 0. The van der Waals surface area contributed by atoms with Gasteiger partial charge in [-0.25, -0.2) is 0 Å². The first kappa shape index (κ1) is 10.9. The number of hydrogen-bond acceptors (Lipinski definition) is 4. The van der Waals surface area contributed by atoms with Crippen molar-refractivity contribution in [2.45, 2.75) is 6.42 Å². The molecule has 0 unspecified atom stereocenters. The van der Waals surface area contributed by atoms with E-state index in [2.05, 4.69) is 10.3 Å². The van der Waals surface area contributed by atoms with Crippen molar-refractivity contribution in [1.82, 2.24) is 10.2 Å². The van der Waals surface area contributed by atoms with E-state index in [0.29, 0.717) is 31.2 Å². The third kappa shape index (κ3) is 2.92. The highest BCUT2D eigenvalue weighted by Crippen LogP contribution is 2.07. The van der Waals surface area contributed by atoms with Crippen molar-refractivity contribution in [2.75, 3.05) is 25.9 Å². The molecule has 0 spiro atoms. The summed E-state index contributed by atoms with van der Waals surface area (Å²) >= 11 is 1.43. The van der Waals surface area contributed by atoms with Crippen molar-refractivity contribution in [3.63, 3.8) is 0 Å². The Morgan fingerprint density at radius 1 is 1.71 bits per heavy atom. The molecule has 0 atom stereocenters. The number of nitriles is 1. The standard InChI is InChI=1S/C8H12N4OS/c1-14-8(11-6-9)12-4-2-7(13)10-3-5-12/h2-5H2,1H3,(H,10,13). The lowest BCUT2D eigenvalue weighted by Gasteiger charge is -2.20. The summed E-state index contributed by atoms with van der Waals surface area (Å²) in [5.41, 5.74) is 0. The molecule has 1 rings (SSSR count). The van der Waals surface area contributed by atoms with Crippen LogP contribution in [-0.2, 0) is 4.79 Å². The number of amides is 1. The first-order chi connectivity index (χ1) is 6.77. The van der Waals surface area contributed by atoms with Gasteiger partial charge in [-0.3, -0.25) is 4.79 Å². The van der Waals surface area contributed by atoms with Gasteiger partial charge in [-0.05, 0) is 6.26 Å². The van der Waals surface area contributed by atoms with E-state index in [1.54, 1.807) is 6.19 Å². The van der Waals surface area contributed by atoms with E-state index in [9.17, 15) is 4.79 Å². The quantitative estimate of drug-likeness (QED) is 0.349. The van der Waals surface area contributed by atoms with E-state index in [4.69, 9.17) is 5.26 Å². The summed E-state index contributed by atoms with van der Waals surface area (Å²) in [6.07, 6.45) is 4.10. The summed E-state index contributed by atoms with van der Waals surface area (Å²) in [5, 5.41) is 11.9. The van der Waals surface area contributed by atoms with E-state index in [1.807, 2.05) is 11.2 Å². The summed E-state index contributed by atoms with van der Waals surface area (Å²) in [4.78, 5) is 16.7. The predicted octanol–water partition coefficient (Wildman–Crippen LogP) is 0.00838. The zero-order valence-electron chi connectivity index (χ0n) is 7.99. The lowest BCUT2D eigenvalue weighted by Crippen LogP contribution is -2.32. The second kappa shape index (κ2) is 5.50. The lowest BCUT2D eigenvalue weighted by molar-refractivity contribution is -0.120. The molecule has 0 aromatic carbocycles. The maximum Gasteiger partial charge on any atom is 0.221 e. The first-order valence-corrected chi connectivity index (χ1v) is 5.53. The number of hydrogen-bond donors (Lipinski definition) is 1. The normalized spacial score (nSPS) is 18.4. The Kier molecular flexibility index (Phi) is 4.26. The van der Waals surface area contributed by atoms with Gasteiger partial charge in [0.25, 0.3) is 0 Å². The Labute approximate surface area is 87.2 Å². The number of nitrogens with one attached hydrogen (secondary N) is 1. The van der Waals surface area contributed by atoms with Crippen LogP contribution >= 0.6 is 11.8 Å². The van der Waals surface area contributed by atoms with Crippen LogP contribution in [0.15, 0.2) is 4.99 Å². The average Bonchev–Trinajstić information content (AvgIpc) is 2.40. The van der Waals surface area contributed by atoms with Crippen LogP contribution in [0.5, 0.6) is 0 Å². The Morgan fingerprint density at radius 2 is 2.50 bits per heavy atom. The molecule has 1 aliphatic rings. The highest BCUT2D eigenvalue weighted by atomic mass is 32.2. The molecule has 76 valence electrons. The minimum absolute atomic E-state index is 0.0601. The summed E-state index contributed by atoms with van der Waals surface area (Å²) in [6, 6.07) is 0. The second-order valence-electron chi connectivity index (χ2n) is 2.79. The Bertz CT molecular complexity index is 284. The molecule has 1 aliphatic heterocycles. The Morgan fingerprint density at radius 3 is 3.14 bits per heavy atom. The van der Waals surface area contributed by atoms with Gasteiger partial charge in [0.15, 0.2) is 5.17 Å². The van der Waals surface area contributed by atoms with Crippen LogP contribution < -0.4 is 5.32 Å². The molecule has 5 nitrogen and oxygen atoms in total. The molecule has 6 heteroatoms. The SMILES string of the molecule is CSC(=NC#N)N1CCNC(=O)CC1. The number of amidine groups is 1. The molecule has 1 amide bonds. The number of rotatable bonds is 0. The zero-order chi connectivity index (χ0) is 10.4. The van der Waals surface area contributed by atoms with Gasteiger partial charge < -0.3 is 10.2 Å². The zero-order valence-corrected chi connectivity index (χ0v) is 8.80. The van der Waals surface area contributed by atoms with E-state index in [1.165, 1.54) is 11.8 Å². The number of carbonyl (C=O) groups excluding carboxylic acids is 1. The van der Waals surface area contributed by atoms with Gasteiger partial charge in [0.05, 0.1) is 0 Å². The molecule has 0 aromatic rings. The molecular formula is C8H12N4OS. The fourth-order valence-electron chi connectivity index (χ4n) is 1.25. The predicted molar refractivity (Wildman–Crippen MR) is 55.8 cm³/mol. The van der Waals surface area contributed by atoms with Gasteiger partial charge in [0.2, 0.25) is 12.1 Å². The molecule has 1 saturated heterocycles. The van der Waals surface area contributed by atoms with Gasteiger partial charge in [0.1, 0.15) is 0 Å². The van der Waals surface area contributed by atoms with Crippen LogP contribution in [0, 0.1) is 11.5 Å². The van der Waals surface area contributed by atoms with Crippen molar-refractivity contribution in [3.05, 3.63) is 0 Å². The Balaban J connectivity index is 2.63. The number of nitrogens with zero attached hydrogens (tertiary/aromatic N) is 3. The maximum absolute atomic E-state index is 11.0. The van der Waals surface area contributed by atoms with Crippen molar-refractivity contribution < 1.29 is 4.79 Å². The third-order valence-electron chi connectivity index (χ3n) is 1.91. The highest BCUT2D eigenvalue weighted by molar-refractivity contribution is 8.13. The van der Waals surface area contributed by atoms with Gasteiger partial charge in [0, 0.05) is 26.1 Å². The van der Waals surface area contributed by atoms with Crippen LogP contribution in [0.3, 0.4) is 0 Å². The molecule has 14 heavy (non-hydrogen) atoms. The van der Waals surface area contributed by atoms with Gasteiger partial charge in [-0.15, -0.1) is 4.99 Å². The smallest absolute Gasteiger partial charge is 0.221 e. The molecule has 0 radical (unpaired) electrons. The number of aliphatic imine (C=N–C) groups is 1. The lowest BCUT2D eigenvalue weighted by atomic mass is 10.4. The van der Waals surface area contributed by atoms with Crippen molar-refractivity contribution >= 4 is 22.8 Å². The molecule has 0 saturated carbocycles. The fraction of sp³-hybridized carbons (Fsp3) is 0.625. The van der Waals surface area contributed by atoms with E-state index >= 15 is 0 Å².